The van der Waals surface area contributed by atoms with Gasteiger partial charge in [-0.25, -0.2) is 0 Å². The van der Waals surface area contributed by atoms with Crippen LogP contribution in [0.25, 0.3) is 0 Å². The first-order valence-electron chi connectivity index (χ1n) is 9.69. The van der Waals surface area contributed by atoms with Crippen molar-refractivity contribution < 1.29 is 13.3 Å². The zero-order chi connectivity index (χ0) is 17.7. The van der Waals surface area contributed by atoms with E-state index in [0.717, 1.165) is 11.8 Å². The summed E-state index contributed by atoms with van der Waals surface area (Å²) >= 11 is 0. The van der Waals surface area contributed by atoms with E-state index >= 15 is 0 Å². The van der Waals surface area contributed by atoms with E-state index in [9.17, 15) is 0 Å². The van der Waals surface area contributed by atoms with Crippen molar-refractivity contribution >= 4 is 14.0 Å². The summed E-state index contributed by atoms with van der Waals surface area (Å²) < 4.78 is 18.7. The Labute approximate surface area is 150 Å². The third kappa shape index (κ3) is 7.05. The van der Waals surface area contributed by atoms with Crippen molar-refractivity contribution in [1.82, 2.24) is 0 Å². The minimum atomic E-state index is -2.81. The molecule has 0 N–H and O–H groups in total. The van der Waals surface area contributed by atoms with Gasteiger partial charge in [0.25, 0.3) is 0 Å². The predicted octanol–water partition coefficient (Wildman–Crippen LogP) is 4.92. The molecule has 4 heteroatoms. The highest BCUT2D eigenvalue weighted by Gasteiger charge is 2.43. The molecule has 138 valence electrons. The summed E-state index contributed by atoms with van der Waals surface area (Å²) in [5.74, 6) is 0.599. The molecule has 1 aromatic carbocycles. The highest BCUT2D eigenvalue weighted by Crippen LogP contribution is 2.20. The van der Waals surface area contributed by atoms with E-state index < -0.39 is 8.80 Å². The minimum absolute atomic E-state index is 0.599. The molecule has 0 aliphatic rings. The molecule has 0 aliphatic carbocycles. The summed E-state index contributed by atoms with van der Waals surface area (Å²) in [5, 5.41) is 1.07. The second-order valence-corrected chi connectivity index (χ2v) is 8.81. The van der Waals surface area contributed by atoms with E-state index in [0.29, 0.717) is 19.1 Å². The minimum Gasteiger partial charge on any atom is -0.370 e. The van der Waals surface area contributed by atoms with E-state index in [1.165, 1.54) is 38.5 Å². The quantitative estimate of drug-likeness (QED) is 0.445. The Morgan fingerprint density at radius 3 is 1.79 bits per heavy atom. The Kier molecular flexibility index (Phi) is 11.3. The van der Waals surface area contributed by atoms with Gasteiger partial charge in [0.15, 0.2) is 0 Å². The van der Waals surface area contributed by atoms with Crippen molar-refractivity contribution in [1.29, 1.82) is 0 Å². The third-order valence-corrected chi connectivity index (χ3v) is 7.16. The lowest BCUT2D eigenvalue weighted by Gasteiger charge is -2.31. The molecule has 0 aromatic heterocycles. The van der Waals surface area contributed by atoms with Gasteiger partial charge in [-0.15, -0.1) is 0 Å². The standard InChI is InChI=1S/C20H36O3Si/c1-5-9-14-19(15-10-6-2)18-23-24(21-7-3,22-8-4)20-16-12-11-13-17-20/h11-13,16-17,19H,5-10,14-15,18H2,1-4H3. The van der Waals surface area contributed by atoms with Crippen LogP contribution in [-0.2, 0) is 13.3 Å². The largest absolute Gasteiger partial charge is 0.537 e. The number of unbranched alkanes of at least 4 members (excludes halogenated alkanes) is 2. The molecule has 1 rings (SSSR count). The summed E-state index contributed by atoms with van der Waals surface area (Å²) in [5.41, 5.74) is 0. The van der Waals surface area contributed by atoms with E-state index in [-0.39, 0.29) is 0 Å². The van der Waals surface area contributed by atoms with Crippen molar-refractivity contribution in [2.75, 3.05) is 19.8 Å². The maximum absolute atomic E-state index is 6.45. The average molecular weight is 353 g/mol. The summed E-state index contributed by atoms with van der Waals surface area (Å²) in [4.78, 5) is 0. The summed E-state index contributed by atoms with van der Waals surface area (Å²) in [6, 6.07) is 10.2. The van der Waals surface area contributed by atoms with E-state index in [1.807, 2.05) is 32.0 Å². The number of rotatable bonds is 14. The Hall–Kier alpha value is -0.683. The zero-order valence-corrected chi connectivity index (χ0v) is 17.1. The first kappa shape index (κ1) is 21.4. The number of hydrogen-bond acceptors (Lipinski definition) is 3. The maximum Gasteiger partial charge on any atom is 0.537 e. The fourth-order valence-electron chi connectivity index (χ4n) is 2.92. The van der Waals surface area contributed by atoms with Crippen molar-refractivity contribution in [3.63, 3.8) is 0 Å². The molecule has 1 aromatic rings. The van der Waals surface area contributed by atoms with Gasteiger partial charge in [0, 0.05) is 25.0 Å². The van der Waals surface area contributed by atoms with Crippen LogP contribution in [0.5, 0.6) is 0 Å². The van der Waals surface area contributed by atoms with Gasteiger partial charge in [-0.05, 0) is 32.6 Å². The SMILES string of the molecule is CCCCC(CCCC)CO[Si](OCC)(OCC)c1ccccc1. The van der Waals surface area contributed by atoms with Crippen molar-refractivity contribution in [3.8, 4) is 0 Å². The normalized spacial score (nSPS) is 12.0. The predicted molar refractivity (Wildman–Crippen MR) is 104 cm³/mol. The molecule has 0 spiro atoms. The Morgan fingerprint density at radius 2 is 1.33 bits per heavy atom. The molecule has 0 heterocycles. The van der Waals surface area contributed by atoms with Crippen LogP contribution in [0.3, 0.4) is 0 Å². The van der Waals surface area contributed by atoms with Crippen molar-refractivity contribution in [3.05, 3.63) is 30.3 Å². The van der Waals surface area contributed by atoms with Gasteiger partial charge in [-0.1, -0.05) is 69.9 Å². The van der Waals surface area contributed by atoms with Crippen LogP contribution in [0, 0.1) is 5.92 Å². The summed E-state index contributed by atoms with van der Waals surface area (Å²) in [6.45, 7) is 10.5. The molecule has 0 amide bonds. The monoisotopic (exact) mass is 352 g/mol. The van der Waals surface area contributed by atoms with Crippen LogP contribution < -0.4 is 5.19 Å². The third-order valence-electron chi connectivity index (χ3n) is 4.24. The summed E-state index contributed by atoms with van der Waals surface area (Å²) in [6.07, 6.45) is 7.46. The van der Waals surface area contributed by atoms with Crippen LogP contribution in [0.15, 0.2) is 30.3 Å². The Bertz CT molecular complexity index is 397. The first-order chi connectivity index (χ1) is 11.7. The molecule has 3 nitrogen and oxygen atoms in total. The number of benzene rings is 1. The molecule has 0 radical (unpaired) electrons. The molecule has 0 atom stereocenters. The molecular weight excluding hydrogens is 316 g/mol. The van der Waals surface area contributed by atoms with Gasteiger partial charge in [0.05, 0.1) is 0 Å². The Balaban J connectivity index is 2.85. The molecule has 0 saturated heterocycles. The van der Waals surface area contributed by atoms with Gasteiger partial charge < -0.3 is 13.3 Å². The van der Waals surface area contributed by atoms with Gasteiger partial charge in [0.2, 0.25) is 0 Å². The lowest BCUT2D eigenvalue weighted by molar-refractivity contribution is 0.0647. The lowest BCUT2D eigenvalue weighted by Crippen LogP contribution is -2.57. The molecule has 0 saturated carbocycles. The van der Waals surface area contributed by atoms with Crippen LogP contribution in [-0.4, -0.2) is 28.6 Å². The number of hydrogen-bond donors (Lipinski definition) is 0. The molecule has 0 unspecified atom stereocenters. The van der Waals surface area contributed by atoms with Gasteiger partial charge in [-0.3, -0.25) is 0 Å². The van der Waals surface area contributed by atoms with Crippen LogP contribution >= 0.6 is 0 Å². The zero-order valence-electron chi connectivity index (χ0n) is 16.1. The van der Waals surface area contributed by atoms with E-state index in [2.05, 4.69) is 26.0 Å². The smallest absolute Gasteiger partial charge is 0.370 e. The van der Waals surface area contributed by atoms with Gasteiger partial charge >= 0.3 is 8.80 Å². The fourth-order valence-corrected chi connectivity index (χ4v) is 5.49. The Morgan fingerprint density at radius 1 is 0.792 bits per heavy atom. The summed E-state index contributed by atoms with van der Waals surface area (Å²) in [7, 11) is -2.81. The molecular formula is C20H36O3Si. The second kappa shape index (κ2) is 12.6. The van der Waals surface area contributed by atoms with Gasteiger partial charge in [0.1, 0.15) is 0 Å². The lowest BCUT2D eigenvalue weighted by atomic mass is 9.97. The second-order valence-electron chi connectivity index (χ2n) is 6.25. The molecule has 0 bridgehead atoms. The van der Waals surface area contributed by atoms with Crippen molar-refractivity contribution in [2.45, 2.75) is 66.2 Å². The molecule has 0 aliphatic heterocycles. The van der Waals surface area contributed by atoms with Crippen LogP contribution in [0.1, 0.15) is 66.2 Å². The highest BCUT2D eigenvalue weighted by molar-refractivity contribution is 6.75. The first-order valence-corrected chi connectivity index (χ1v) is 11.4. The fraction of sp³-hybridized carbons (Fsp3) is 0.700. The van der Waals surface area contributed by atoms with E-state index in [4.69, 9.17) is 13.3 Å². The highest BCUT2D eigenvalue weighted by atomic mass is 28.4. The maximum atomic E-state index is 6.45. The topological polar surface area (TPSA) is 27.7 Å². The van der Waals surface area contributed by atoms with Crippen molar-refractivity contribution in [2.24, 2.45) is 5.92 Å². The molecule has 0 fully saturated rings. The van der Waals surface area contributed by atoms with Crippen LogP contribution in [0.4, 0.5) is 0 Å². The van der Waals surface area contributed by atoms with E-state index in [1.54, 1.807) is 0 Å². The average Bonchev–Trinajstić information content (AvgIpc) is 2.62. The van der Waals surface area contributed by atoms with Gasteiger partial charge in [-0.2, -0.15) is 0 Å². The van der Waals surface area contributed by atoms with Crippen LogP contribution in [0.2, 0.25) is 0 Å². The molecule has 24 heavy (non-hydrogen) atoms.